The normalized spacial score (nSPS) is 14.8. The monoisotopic (exact) mass is 662 g/mol. The van der Waals surface area contributed by atoms with E-state index in [4.69, 9.17) is 0 Å². The highest BCUT2D eigenvalue weighted by molar-refractivity contribution is 6.25. The molecule has 2 aliphatic carbocycles. The van der Waals surface area contributed by atoms with Crippen molar-refractivity contribution in [2.45, 2.75) is 38.5 Å². The van der Waals surface area contributed by atoms with Gasteiger partial charge in [0.05, 0.1) is 0 Å². The minimum atomic E-state index is -0.162. The quantitative estimate of drug-likeness (QED) is 0.128. The molecule has 11 rings (SSSR count). The third kappa shape index (κ3) is 3.72. The van der Waals surface area contributed by atoms with Crippen LogP contribution in [0.15, 0.2) is 158 Å². The van der Waals surface area contributed by atoms with Crippen molar-refractivity contribution in [1.82, 2.24) is 0 Å². The molecular weight excluding hydrogens is 625 g/mol. The second-order valence-electron chi connectivity index (χ2n) is 16.0. The number of hydrogen-bond acceptors (Lipinski definition) is 0. The Balaban J connectivity index is 1.25. The van der Waals surface area contributed by atoms with Crippen molar-refractivity contribution in [2.75, 3.05) is 0 Å². The molecule has 0 nitrogen and oxygen atoms in total. The zero-order valence-corrected chi connectivity index (χ0v) is 30.0. The lowest BCUT2D eigenvalue weighted by Gasteiger charge is -2.24. The first kappa shape index (κ1) is 29.7. The predicted octanol–water partition coefficient (Wildman–Crippen LogP) is 14.2. The van der Waals surface area contributed by atoms with E-state index in [2.05, 4.69) is 185 Å². The molecule has 0 heterocycles. The van der Waals surface area contributed by atoms with E-state index in [0.717, 1.165) is 0 Å². The summed E-state index contributed by atoms with van der Waals surface area (Å²) in [6, 6.07) is 59.5. The number of hydrogen-bond donors (Lipinski definition) is 0. The van der Waals surface area contributed by atoms with E-state index in [-0.39, 0.29) is 10.8 Å². The Morgan fingerprint density at radius 2 is 0.750 bits per heavy atom. The minimum Gasteiger partial charge on any atom is -0.0619 e. The highest BCUT2D eigenvalue weighted by atomic mass is 14.4. The average molecular weight is 663 g/mol. The van der Waals surface area contributed by atoms with E-state index in [1.807, 2.05) is 0 Å². The molecular formula is C52H38. The van der Waals surface area contributed by atoms with Crippen LogP contribution in [0.4, 0.5) is 0 Å². The van der Waals surface area contributed by atoms with Crippen molar-refractivity contribution in [2.24, 2.45) is 0 Å². The largest absolute Gasteiger partial charge is 0.0619 e. The van der Waals surface area contributed by atoms with Gasteiger partial charge in [-0.1, -0.05) is 179 Å². The highest BCUT2D eigenvalue weighted by Gasteiger charge is 2.40. The Kier molecular flexibility index (Phi) is 5.89. The van der Waals surface area contributed by atoms with Crippen LogP contribution in [0.1, 0.15) is 49.9 Å². The Morgan fingerprint density at radius 1 is 0.288 bits per heavy atom. The van der Waals surface area contributed by atoms with Gasteiger partial charge in [0.15, 0.2) is 0 Å². The maximum Gasteiger partial charge on any atom is 0.0165 e. The molecule has 2 aliphatic rings. The van der Waals surface area contributed by atoms with Gasteiger partial charge in [0.2, 0.25) is 0 Å². The fraction of sp³-hybridized carbons (Fsp3) is 0.115. The van der Waals surface area contributed by atoms with Crippen molar-refractivity contribution < 1.29 is 0 Å². The third-order valence-electron chi connectivity index (χ3n) is 12.6. The molecule has 52 heavy (non-hydrogen) atoms. The molecule has 0 spiro atoms. The van der Waals surface area contributed by atoms with Crippen molar-refractivity contribution in [3.63, 3.8) is 0 Å². The molecule has 0 aliphatic heterocycles. The Morgan fingerprint density at radius 3 is 1.40 bits per heavy atom. The number of fused-ring (bicyclic) bond motifs is 13. The molecule has 0 amide bonds. The summed E-state index contributed by atoms with van der Waals surface area (Å²) in [7, 11) is 0. The maximum atomic E-state index is 2.49. The van der Waals surface area contributed by atoms with Crippen LogP contribution in [0, 0.1) is 0 Å². The van der Waals surface area contributed by atoms with Gasteiger partial charge in [-0.2, -0.15) is 0 Å². The summed E-state index contributed by atoms with van der Waals surface area (Å²) < 4.78 is 0. The van der Waals surface area contributed by atoms with Crippen LogP contribution in [0.5, 0.6) is 0 Å². The third-order valence-corrected chi connectivity index (χ3v) is 12.6. The lowest BCUT2D eigenvalue weighted by molar-refractivity contribution is 0.660. The molecule has 9 aromatic rings. The minimum absolute atomic E-state index is 0.0643. The summed E-state index contributed by atoms with van der Waals surface area (Å²) in [6.07, 6.45) is 0. The first-order valence-corrected chi connectivity index (χ1v) is 18.6. The highest BCUT2D eigenvalue weighted by Crippen LogP contribution is 2.59. The van der Waals surface area contributed by atoms with Crippen molar-refractivity contribution >= 4 is 43.1 Å². The molecule has 0 bridgehead atoms. The van der Waals surface area contributed by atoms with E-state index in [1.165, 1.54) is 110 Å². The van der Waals surface area contributed by atoms with Gasteiger partial charge in [-0.25, -0.2) is 0 Å². The molecule has 0 saturated heterocycles. The SMILES string of the molecule is CC1(C)c2ccccc2-c2ccc(-c3c4ccccc4c(-c4cccc5c4-c4c(c6ccccc6c6ccccc46)C5(C)C)c4ccccc34)cc21. The standard InChI is InChI=1S/C52H38/c1-51(2)43-26-14-13-18-34(43)35-29-28-31(30-45(35)51)46-37-20-8-10-22-39(37)47(40-23-11-9-21-38(40)46)42-25-15-27-44-48(42)49-36-19-7-5-16-32(36)33-17-6-12-24-41(33)50(49)52(44,3)4/h5-30H,1-4H3. The molecule has 0 aromatic heterocycles. The second kappa shape index (κ2) is 10.3. The lowest BCUT2D eigenvalue weighted by Crippen LogP contribution is -2.15. The van der Waals surface area contributed by atoms with Gasteiger partial charge in [-0.05, 0) is 116 Å². The van der Waals surface area contributed by atoms with Crippen molar-refractivity contribution in [1.29, 1.82) is 0 Å². The van der Waals surface area contributed by atoms with Gasteiger partial charge in [0.25, 0.3) is 0 Å². The van der Waals surface area contributed by atoms with Crippen LogP contribution in [0.2, 0.25) is 0 Å². The van der Waals surface area contributed by atoms with E-state index in [0.29, 0.717) is 0 Å². The maximum absolute atomic E-state index is 2.49. The molecule has 0 unspecified atom stereocenters. The van der Waals surface area contributed by atoms with Gasteiger partial charge in [-0.15, -0.1) is 0 Å². The van der Waals surface area contributed by atoms with E-state index >= 15 is 0 Å². The summed E-state index contributed by atoms with van der Waals surface area (Å²) in [4.78, 5) is 0. The summed E-state index contributed by atoms with van der Waals surface area (Å²) in [6.45, 7) is 9.61. The molecule has 246 valence electrons. The van der Waals surface area contributed by atoms with Crippen LogP contribution < -0.4 is 0 Å². The molecule has 0 saturated carbocycles. The first-order valence-electron chi connectivity index (χ1n) is 18.6. The zero-order valence-electron chi connectivity index (χ0n) is 30.0. The van der Waals surface area contributed by atoms with Crippen molar-refractivity contribution in [3.8, 4) is 44.5 Å². The zero-order chi connectivity index (χ0) is 34.9. The Labute approximate surface area is 305 Å². The van der Waals surface area contributed by atoms with E-state index in [1.54, 1.807) is 0 Å². The average Bonchev–Trinajstić information content (AvgIpc) is 3.57. The second-order valence-corrected chi connectivity index (χ2v) is 16.0. The summed E-state index contributed by atoms with van der Waals surface area (Å²) in [5.41, 5.74) is 16.1. The smallest absolute Gasteiger partial charge is 0.0165 e. The van der Waals surface area contributed by atoms with Crippen LogP contribution in [-0.2, 0) is 10.8 Å². The molecule has 0 N–H and O–H groups in total. The fourth-order valence-electron chi connectivity index (χ4n) is 10.3. The van der Waals surface area contributed by atoms with Crippen LogP contribution >= 0.6 is 0 Å². The summed E-state index contributed by atoms with van der Waals surface area (Å²) in [5.74, 6) is 0. The topological polar surface area (TPSA) is 0 Å². The first-order chi connectivity index (χ1) is 25.4. The summed E-state index contributed by atoms with van der Waals surface area (Å²) >= 11 is 0. The number of rotatable bonds is 2. The van der Waals surface area contributed by atoms with Crippen molar-refractivity contribution in [3.05, 3.63) is 180 Å². The van der Waals surface area contributed by atoms with Gasteiger partial charge >= 0.3 is 0 Å². The molecule has 0 heteroatoms. The lowest BCUT2D eigenvalue weighted by atomic mass is 9.79. The van der Waals surface area contributed by atoms with Gasteiger partial charge in [-0.3, -0.25) is 0 Å². The Bertz CT molecular complexity index is 2950. The van der Waals surface area contributed by atoms with Crippen LogP contribution in [0.25, 0.3) is 87.6 Å². The molecule has 9 aromatic carbocycles. The van der Waals surface area contributed by atoms with Gasteiger partial charge in [0.1, 0.15) is 0 Å². The Hall–Kier alpha value is -5.98. The fourth-order valence-corrected chi connectivity index (χ4v) is 10.3. The molecule has 0 radical (unpaired) electrons. The van der Waals surface area contributed by atoms with E-state index in [9.17, 15) is 0 Å². The van der Waals surface area contributed by atoms with Gasteiger partial charge in [0, 0.05) is 10.8 Å². The number of benzene rings is 9. The molecule has 0 fully saturated rings. The summed E-state index contributed by atoms with van der Waals surface area (Å²) in [5, 5.41) is 10.5. The predicted molar refractivity (Wildman–Crippen MR) is 222 cm³/mol. The van der Waals surface area contributed by atoms with Gasteiger partial charge < -0.3 is 0 Å². The van der Waals surface area contributed by atoms with Crippen LogP contribution in [-0.4, -0.2) is 0 Å². The van der Waals surface area contributed by atoms with E-state index < -0.39 is 0 Å². The van der Waals surface area contributed by atoms with Crippen LogP contribution in [0.3, 0.4) is 0 Å². The molecule has 0 atom stereocenters.